The summed E-state index contributed by atoms with van der Waals surface area (Å²) >= 11 is 3.31. The van der Waals surface area contributed by atoms with Crippen LogP contribution >= 0.6 is 15.9 Å². The second-order valence-corrected chi connectivity index (χ2v) is 5.03. The number of benzene rings is 1. The molecule has 6 heteroatoms. The molecule has 5 nitrogen and oxygen atoms in total. The number of nitrogen functional groups attached to an aromatic ring is 1. The smallest absolute Gasteiger partial charge is 0.229 e. The standard InChI is InChI=1S/C14H14BrN3O2/c1-20-11-4-2-3-9(5-11)6-13(19)18-14-12(15)7-10(16)8-17-14/h2-5,7-8H,6,16H2,1H3,(H,17,18,19). The Morgan fingerprint density at radius 1 is 1.45 bits per heavy atom. The van der Waals surface area contributed by atoms with Crippen molar-refractivity contribution in [1.82, 2.24) is 4.98 Å². The van der Waals surface area contributed by atoms with E-state index in [1.807, 2.05) is 24.3 Å². The van der Waals surface area contributed by atoms with Crippen LogP contribution < -0.4 is 15.8 Å². The Bertz CT molecular complexity index is 632. The highest BCUT2D eigenvalue weighted by Crippen LogP contribution is 2.22. The summed E-state index contributed by atoms with van der Waals surface area (Å²) < 4.78 is 5.77. The first kappa shape index (κ1) is 14.3. The van der Waals surface area contributed by atoms with Crippen LogP contribution in [0.5, 0.6) is 5.75 Å². The van der Waals surface area contributed by atoms with E-state index in [-0.39, 0.29) is 12.3 Å². The molecule has 0 saturated carbocycles. The van der Waals surface area contributed by atoms with Crippen LogP contribution in [-0.4, -0.2) is 18.0 Å². The van der Waals surface area contributed by atoms with Gasteiger partial charge in [0, 0.05) is 0 Å². The molecule has 0 aliphatic carbocycles. The van der Waals surface area contributed by atoms with Crippen molar-refractivity contribution in [3.05, 3.63) is 46.6 Å². The molecule has 0 aliphatic heterocycles. The second-order valence-electron chi connectivity index (χ2n) is 4.18. The van der Waals surface area contributed by atoms with Crippen LogP contribution in [0.15, 0.2) is 41.0 Å². The lowest BCUT2D eigenvalue weighted by atomic mass is 10.1. The van der Waals surface area contributed by atoms with Crippen molar-refractivity contribution in [2.24, 2.45) is 0 Å². The summed E-state index contributed by atoms with van der Waals surface area (Å²) in [5.74, 6) is 1.02. The molecule has 1 heterocycles. The summed E-state index contributed by atoms with van der Waals surface area (Å²) in [6.45, 7) is 0. The number of hydrogen-bond acceptors (Lipinski definition) is 4. The first-order chi connectivity index (χ1) is 9.58. The summed E-state index contributed by atoms with van der Waals surface area (Å²) in [5, 5.41) is 2.73. The summed E-state index contributed by atoms with van der Waals surface area (Å²) in [6, 6.07) is 9.06. The predicted octanol–water partition coefficient (Wildman–Crippen LogP) is 2.62. The zero-order valence-corrected chi connectivity index (χ0v) is 12.5. The third kappa shape index (κ3) is 3.71. The van der Waals surface area contributed by atoms with Crippen molar-refractivity contribution in [2.45, 2.75) is 6.42 Å². The van der Waals surface area contributed by atoms with Gasteiger partial charge in [0.2, 0.25) is 5.91 Å². The average molecular weight is 336 g/mol. The fourth-order valence-corrected chi connectivity index (χ4v) is 2.15. The highest BCUT2D eigenvalue weighted by molar-refractivity contribution is 9.10. The topological polar surface area (TPSA) is 77.2 Å². The molecular weight excluding hydrogens is 322 g/mol. The molecule has 0 aliphatic rings. The molecule has 1 aromatic carbocycles. The molecule has 1 aromatic heterocycles. The first-order valence-corrected chi connectivity index (χ1v) is 6.71. The molecule has 2 aromatic rings. The molecule has 0 spiro atoms. The number of carbonyl (C=O) groups excluding carboxylic acids is 1. The van der Waals surface area contributed by atoms with Gasteiger partial charge in [0.25, 0.3) is 0 Å². The zero-order valence-electron chi connectivity index (χ0n) is 10.9. The Morgan fingerprint density at radius 3 is 2.95 bits per heavy atom. The maximum atomic E-state index is 12.0. The minimum absolute atomic E-state index is 0.156. The number of nitrogens with zero attached hydrogens (tertiary/aromatic N) is 1. The normalized spacial score (nSPS) is 10.1. The average Bonchev–Trinajstić information content (AvgIpc) is 2.42. The Kier molecular flexibility index (Phi) is 4.57. The molecule has 104 valence electrons. The van der Waals surface area contributed by atoms with Gasteiger partial charge in [-0.1, -0.05) is 12.1 Å². The number of aromatic nitrogens is 1. The molecule has 20 heavy (non-hydrogen) atoms. The Balaban J connectivity index is 2.05. The Morgan fingerprint density at radius 2 is 2.25 bits per heavy atom. The number of ether oxygens (including phenoxy) is 1. The second kappa shape index (κ2) is 6.38. The van der Waals surface area contributed by atoms with Crippen LogP contribution in [0.1, 0.15) is 5.56 Å². The third-order valence-corrected chi connectivity index (χ3v) is 3.22. The van der Waals surface area contributed by atoms with Crippen molar-refractivity contribution in [1.29, 1.82) is 0 Å². The van der Waals surface area contributed by atoms with Crippen LogP contribution in [-0.2, 0) is 11.2 Å². The predicted molar refractivity (Wildman–Crippen MR) is 81.7 cm³/mol. The summed E-state index contributed by atoms with van der Waals surface area (Å²) in [5.41, 5.74) is 6.99. The lowest BCUT2D eigenvalue weighted by Crippen LogP contribution is -2.15. The van der Waals surface area contributed by atoms with Crippen molar-refractivity contribution in [3.63, 3.8) is 0 Å². The van der Waals surface area contributed by atoms with E-state index in [9.17, 15) is 4.79 Å². The fraction of sp³-hybridized carbons (Fsp3) is 0.143. The van der Waals surface area contributed by atoms with Crippen LogP contribution in [0.2, 0.25) is 0 Å². The highest BCUT2D eigenvalue weighted by atomic mass is 79.9. The Labute approximate surface area is 125 Å². The first-order valence-electron chi connectivity index (χ1n) is 5.92. The van der Waals surface area contributed by atoms with Gasteiger partial charge in [-0.2, -0.15) is 0 Å². The van der Waals surface area contributed by atoms with Crippen LogP contribution in [0.4, 0.5) is 11.5 Å². The van der Waals surface area contributed by atoms with E-state index in [1.165, 1.54) is 6.20 Å². The van der Waals surface area contributed by atoms with Gasteiger partial charge >= 0.3 is 0 Å². The maximum Gasteiger partial charge on any atom is 0.229 e. The maximum absolute atomic E-state index is 12.0. The van der Waals surface area contributed by atoms with Gasteiger partial charge in [0.1, 0.15) is 11.6 Å². The van der Waals surface area contributed by atoms with E-state index in [2.05, 4.69) is 26.2 Å². The summed E-state index contributed by atoms with van der Waals surface area (Å²) in [7, 11) is 1.59. The van der Waals surface area contributed by atoms with Gasteiger partial charge in [0.05, 0.1) is 29.9 Å². The van der Waals surface area contributed by atoms with E-state index in [1.54, 1.807) is 13.2 Å². The van der Waals surface area contributed by atoms with E-state index in [4.69, 9.17) is 10.5 Å². The largest absolute Gasteiger partial charge is 0.497 e. The SMILES string of the molecule is COc1cccc(CC(=O)Nc2ncc(N)cc2Br)c1. The van der Waals surface area contributed by atoms with Crippen molar-refractivity contribution in [3.8, 4) is 5.75 Å². The van der Waals surface area contributed by atoms with Gasteiger partial charge < -0.3 is 15.8 Å². The van der Waals surface area contributed by atoms with Crippen LogP contribution in [0.25, 0.3) is 0 Å². The van der Waals surface area contributed by atoms with Crippen LogP contribution in [0, 0.1) is 0 Å². The molecular formula is C14H14BrN3O2. The van der Waals surface area contributed by atoms with Gasteiger partial charge in [0.15, 0.2) is 0 Å². The lowest BCUT2D eigenvalue weighted by Gasteiger charge is -2.08. The number of nitrogens with two attached hydrogens (primary N) is 1. The molecule has 0 bridgehead atoms. The molecule has 2 rings (SSSR count). The highest BCUT2D eigenvalue weighted by Gasteiger charge is 2.08. The number of pyridine rings is 1. The number of hydrogen-bond donors (Lipinski definition) is 2. The number of rotatable bonds is 4. The van der Waals surface area contributed by atoms with Crippen molar-refractivity contribution >= 4 is 33.3 Å². The molecule has 0 fully saturated rings. The summed E-state index contributed by atoms with van der Waals surface area (Å²) in [4.78, 5) is 16.0. The van der Waals surface area contributed by atoms with E-state index >= 15 is 0 Å². The minimum atomic E-state index is -0.156. The molecule has 1 amide bonds. The zero-order chi connectivity index (χ0) is 14.5. The minimum Gasteiger partial charge on any atom is -0.497 e. The number of amides is 1. The summed E-state index contributed by atoms with van der Waals surface area (Å²) in [6.07, 6.45) is 1.74. The van der Waals surface area contributed by atoms with Gasteiger partial charge in [-0.3, -0.25) is 4.79 Å². The molecule has 3 N–H and O–H groups in total. The van der Waals surface area contributed by atoms with Gasteiger partial charge in [-0.15, -0.1) is 0 Å². The fourth-order valence-electron chi connectivity index (χ4n) is 1.69. The number of carbonyl (C=O) groups is 1. The van der Waals surface area contributed by atoms with Gasteiger partial charge in [-0.05, 0) is 39.7 Å². The monoisotopic (exact) mass is 335 g/mol. The molecule has 0 saturated heterocycles. The lowest BCUT2D eigenvalue weighted by molar-refractivity contribution is -0.115. The number of halogens is 1. The number of anilines is 2. The van der Waals surface area contributed by atoms with Gasteiger partial charge in [-0.25, -0.2) is 4.98 Å². The van der Waals surface area contributed by atoms with Crippen molar-refractivity contribution in [2.75, 3.05) is 18.2 Å². The van der Waals surface area contributed by atoms with Crippen molar-refractivity contribution < 1.29 is 9.53 Å². The third-order valence-electron chi connectivity index (χ3n) is 2.62. The number of nitrogens with one attached hydrogen (secondary N) is 1. The van der Waals surface area contributed by atoms with E-state index < -0.39 is 0 Å². The van der Waals surface area contributed by atoms with E-state index in [0.29, 0.717) is 16.0 Å². The Hall–Kier alpha value is -2.08. The number of methoxy groups -OCH3 is 1. The van der Waals surface area contributed by atoms with E-state index in [0.717, 1.165) is 11.3 Å². The molecule has 0 radical (unpaired) electrons. The molecule has 0 unspecified atom stereocenters. The molecule has 0 atom stereocenters. The quantitative estimate of drug-likeness (QED) is 0.900. The van der Waals surface area contributed by atoms with Crippen LogP contribution in [0.3, 0.4) is 0 Å².